The second-order valence-electron chi connectivity index (χ2n) is 5.01. The van der Waals surface area contributed by atoms with E-state index in [4.69, 9.17) is 0 Å². The van der Waals surface area contributed by atoms with Crippen molar-refractivity contribution >= 4 is 5.91 Å². The minimum Gasteiger partial charge on any atom is -0.503 e. The Balaban J connectivity index is 2.82. The summed E-state index contributed by atoms with van der Waals surface area (Å²) in [5.74, 6) is -0.293. The number of nitrogens with zero attached hydrogens (tertiary/aromatic N) is 2. The lowest BCUT2D eigenvalue weighted by atomic mass is 10.2. The van der Waals surface area contributed by atoms with Gasteiger partial charge >= 0.3 is 0 Å². The maximum Gasteiger partial charge on any atom is 0.223 e. The van der Waals surface area contributed by atoms with Crippen LogP contribution < -0.4 is 10.7 Å². The highest BCUT2D eigenvalue weighted by molar-refractivity contribution is 5.72. The van der Waals surface area contributed by atoms with E-state index in [0.717, 1.165) is 25.2 Å². The Labute approximate surface area is 125 Å². The lowest BCUT2D eigenvalue weighted by Crippen LogP contribution is -2.27. The third-order valence-corrected chi connectivity index (χ3v) is 3.43. The van der Waals surface area contributed by atoms with E-state index in [2.05, 4.69) is 24.1 Å². The van der Waals surface area contributed by atoms with Gasteiger partial charge in [-0.3, -0.25) is 14.5 Å². The smallest absolute Gasteiger partial charge is 0.223 e. The molecule has 1 amide bonds. The molecule has 1 aromatic heterocycles. The molecule has 1 rings (SSSR count). The van der Waals surface area contributed by atoms with E-state index in [1.54, 1.807) is 0 Å². The predicted octanol–water partition coefficient (Wildman–Crippen LogP) is 0.922. The summed E-state index contributed by atoms with van der Waals surface area (Å²) in [6.45, 7) is 9.32. The molecular formula is C15H25N3O3. The minimum absolute atomic E-state index is 0.0545. The van der Waals surface area contributed by atoms with Crippen molar-refractivity contribution in [1.82, 2.24) is 14.8 Å². The number of rotatable bonds is 8. The quantitative estimate of drug-likeness (QED) is 0.699. The van der Waals surface area contributed by atoms with E-state index in [1.807, 2.05) is 4.57 Å². The molecule has 6 nitrogen and oxygen atoms in total. The van der Waals surface area contributed by atoms with Crippen molar-refractivity contribution in [3.05, 3.63) is 28.2 Å². The second kappa shape index (κ2) is 8.46. The molecule has 0 aromatic carbocycles. The Kier molecular flexibility index (Phi) is 6.94. The molecule has 0 aliphatic carbocycles. The summed E-state index contributed by atoms with van der Waals surface area (Å²) in [7, 11) is 0. The molecule has 0 aliphatic rings. The molecule has 118 valence electrons. The zero-order valence-corrected chi connectivity index (χ0v) is 13.1. The van der Waals surface area contributed by atoms with Crippen molar-refractivity contribution in [2.24, 2.45) is 0 Å². The van der Waals surface area contributed by atoms with Crippen LogP contribution in [-0.2, 0) is 17.9 Å². The Morgan fingerprint density at radius 1 is 1.38 bits per heavy atom. The first-order chi connectivity index (χ1) is 9.97. The minimum atomic E-state index is -0.352. The van der Waals surface area contributed by atoms with Crippen molar-refractivity contribution in [2.45, 2.75) is 40.3 Å². The molecule has 0 saturated carbocycles. The molecule has 0 unspecified atom stereocenters. The Bertz CT molecular complexity index is 521. The van der Waals surface area contributed by atoms with E-state index < -0.39 is 0 Å². The summed E-state index contributed by atoms with van der Waals surface area (Å²) in [4.78, 5) is 24.7. The molecular weight excluding hydrogens is 270 g/mol. The van der Waals surface area contributed by atoms with E-state index >= 15 is 0 Å². The Morgan fingerprint density at radius 3 is 2.62 bits per heavy atom. The molecule has 1 aromatic rings. The molecule has 6 heteroatoms. The number of aromatic nitrogens is 1. The van der Waals surface area contributed by atoms with Gasteiger partial charge in [-0.25, -0.2) is 0 Å². The Morgan fingerprint density at radius 2 is 2.05 bits per heavy atom. The topological polar surface area (TPSA) is 74.6 Å². The van der Waals surface area contributed by atoms with Gasteiger partial charge in [0.25, 0.3) is 0 Å². The van der Waals surface area contributed by atoms with Gasteiger partial charge in [0, 0.05) is 38.3 Å². The summed E-state index contributed by atoms with van der Waals surface area (Å²) < 4.78 is 1.89. The van der Waals surface area contributed by atoms with Gasteiger partial charge in [0.15, 0.2) is 5.75 Å². The molecule has 0 bridgehead atoms. The van der Waals surface area contributed by atoms with Crippen LogP contribution in [0, 0.1) is 0 Å². The SMILES string of the molecule is CCN(CC)Cc1cc(=O)c(O)cn1CCCNC(C)=O. The first-order valence-electron chi connectivity index (χ1n) is 7.37. The van der Waals surface area contributed by atoms with Crippen LogP contribution >= 0.6 is 0 Å². The molecule has 1 heterocycles. The van der Waals surface area contributed by atoms with Crippen molar-refractivity contribution in [3.8, 4) is 5.75 Å². The van der Waals surface area contributed by atoms with Crippen molar-refractivity contribution < 1.29 is 9.90 Å². The maximum absolute atomic E-state index is 11.6. The number of hydrogen-bond donors (Lipinski definition) is 2. The molecule has 2 N–H and O–H groups in total. The first-order valence-corrected chi connectivity index (χ1v) is 7.37. The van der Waals surface area contributed by atoms with E-state index in [1.165, 1.54) is 19.2 Å². The van der Waals surface area contributed by atoms with Crippen LogP contribution in [0.5, 0.6) is 5.75 Å². The van der Waals surface area contributed by atoms with Crippen LogP contribution in [-0.4, -0.2) is 40.1 Å². The third-order valence-electron chi connectivity index (χ3n) is 3.43. The van der Waals surface area contributed by atoms with Gasteiger partial charge in [-0.15, -0.1) is 0 Å². The molecule has 0 fully saturated rings. The number of nitrogens with one attached hydrogen (secondary N) is 1. The van der Waals surface area contributed by atoms with Gasteiger partial charge in [-0.2, -0.15) is 0 Å². The van der Waals surface area contributed by atoms with Gasteiger partial charge in [0.1, 0.15) is 0 Å². The van der Waals surface area contributed by atoms with Gasteiger partial charge in [-0.05, 0) is 19.5 Å². The fourth-order valence-electron chi connectivity index (χ4n) is 2.14. The molecule has 0 radical (unpaired) electrons. The zero-order chi connectivity index (χ0) is 15.8. The lowest BCUT2D eigenvalue weighted by molar-refractivity contribution is -0.118. The number of carbonyl (C=O) groups is 1. The third kappa shape index (κ3) is 5.59. The highest BCUT2D eigenvalue weighted by Gasteiger charge is 2.09. The van der Waals surface area contributed by atoms with Crippen LogP contribution in [0.2, 0.25) is 0 Å². The maximum atomic E-state index is 11.6. The van der Waals surface area contributed by atoms with Crippen molar-refractivity contribution in [2.75, 3.05) is 19.6 Å². The standard InChI is InChI=1S/C15H25N3O3/c1-4-17(5-2)10-13-9-14(20)15(21)11-18(13)8-6-7-16-12(3)19/h9,11,21H,4-8,10H2,1-3H3,(H,16,19). The van der Waals surface area contributed by atoms with E-state index in [-0.39, 0.29) is 17.1 Å². The number of carbonyl (C=O) groups excluding carboxylic acids is 1. The van der Waals surface area contributed by atoms with Crippen LogP contribution in [0.25, 0.3) is 0 Å². The van der Waals surface area contributed by atoms with Crippen LogP contribution in [0.3, 0.4) is 0 Å². The molecule has 0 spiro atoms. The van der Waals surface area contributed by atoms with Crippen LogP contribution in [0.15, 0.2) is 17.1 Å². The summed E-state index contributed by atoms with van der Waals surface area (Å²) in [5, 5.41) is 12.3. The number of aromatic hydroxyl groups is 1. The number of aryl methyl sites for hydroxylation is 1. The largest absolute Gasteiger partial charge is 0.503 e. The van der Waals surface area contributed by atoms with Gasteiger partial charge in [-0.1, -0.05) is 13.8 Å². The fraction of sp³-hybridized carbons (Fsp3) is 0.600. The second-order valence-corrected chi connectivity index (χ2v) is 5.01. The summed E-state index contributed by atoms with van der Waals surface area (Å²) in [6, 6.07) is 1.49. The molecule has 21 heavy (non-hydrogen) atoms. The monoisotopic (exact) mass is 295 g/mol. The van der Waals surface area contributed by atoms with Gasteiger partial charge in [0.05, 0.1) is 6.20 Å². The Hall–Kier alpha value is -1.82. The molecule has 0 aliphatic heterocycles. The molecule has 0 saturated heterocycles. The number of pyridine rings is 1. The highest BCUT2D eigenvalue weighted by atomic mass is 16.3. The molecule has 0 atom stereocenters. The zero-order valence-electron chi connectivity index (χ0n) is 13.1. The van der Waals surface area contributed by atoms with Crippen molar-refractivity contribution in [1.29, 1.82) is 0 Å². The van der Waals surface area contributed by atoms with E-state index in [9.17, 15) is 14.7 Å². The average Bonchev–Trinajstić information content (AvgIpc) is 2.45. The summed E-state index contributed by atoms with van der Waals surface area (Å²) in [6.07, 6.45) is 2.22. The van der Waals surface area contributed by atoms with Gasteiger partial charge < -0.3 is 15.0 Å². The first kappa shape index (κ1) is 17.2. The predicted molar refractivity (Wildman–Crippen MR) is 82.3 cm³/mol. The summed E-state index contributed by atoms with van der Waals surface area (Å²) >= 11 is 0. The normalized spacial score (nSPS) is 10.9. The average molecular weight is 295 g/mol. The number of amides is 1. The summed E-state index contributed by atoms with van der Waals surface area (Å²) in [5.41, 5.74) is 0.527. The lowest BCUT2D eigenvalue weighted by Gasteiger charge is -2.21. The van der Waals surface area contributed by atoms with Crippen molar-refractivity contribution in [3.63, 3.8) is 0 Å². The van der Waals surface area contributed by atoms with Crippen LogP contribution in [0.4, 0.5) is 0 Å². The van der Waals surface area contributed by atoms with E-state index in [0.29, 0.717) is 19.6 Å². The van der Waals surface area contributed by atoms with Crippen LogP contribution in [0.1, 0.15) is 32.9 Å². The number of hydrogen-bond acceptors (Lipinski definition) is 4. The fourth-order valence-corrected chi connectivity index (χ4v) is 2.14. The highest BCUT2D eigenvalue weighted by Crippen LogP contribution is 2.09. The van der Waals surface area contributed by atoms with Gasteiger partial charge in [0.2, 0.25) is 11.3 Å².